The summed E-state index contributed by atoms with van der Waals surface area (Å²) in [7, 11) is 0. The fourth-order valence-corrected chi connectivity index (χ4v) is 1.24. The molecule has 0 aromatic carbocycles. The first-order valence-corrected chi connectivity index (χ1v) is 5.69. The average molecular weight is 211 g/mol. The zero-order chi connectivity index (χ0) is 10.8. The minimum absolute atomic E-state index is 0.805. The van der Waals surface area contributed by atoms with E-state index in [1.54, 1.807) is 6.20 Å². The minimum Gasteiger partial charge on any atom is -0.380 e. The van der Waals surface area contributed by atoms with Crippen molar-refractivity contribution in [1.82, 2.24) is 15.1 Å². The van der Waals surface area contributed by atoms with Gasteiger partial charge in [-0.15, -0.1) is 0 Å². The fourth-order valence-electron chi connectivity index (χ4n) is 1.24. The van der Waals surface area contributed by atoms with Crippen molar-refractivity contribution in [2.45, 2.75) is 26.3 Å². The van der Waals surface area contributed by atoms with Crippen LogP contribution in [0.25, 0.3) is 0 Å². The molecule has 1 aromatic rings. The molecular weight excluding hydrogens is 190 g/mol. The van der Waals surface area contributed by atoms with Crippen molar-refractivity contribution >= 4 is 0 Å². The second-order valence-electron chi connectivity index (χ2n) is 3.49. The van der Waals surface area contributed by atoms with Gasteiger partial charge in [-0.3, -0.25) is 4.68 Å². The molecule has 1 rings (SSSR count). The van der Waals surface area contributed by atoms with E-state index < -0.39 is 0 Å². The van der Waals surface area contributed by atoms with E-state index in [0.29, 0.717) is 0 Å². The molecule has 0 aliphatic carbocycles. The maximum atomic E-state index is 5.43. The van der Waals surface area contributed by atoms with Gasteiger partial charge in [0, 0.05) is 32.1 Å². The van der Waals surface area contributed by atoms with Crippen molar-refractivity contribution < 1.29 is 4.74 Å². The first-order valence-electron chi connectivity index (χ1n) is 5.69. The molecule has 0 fully saturated rings. The van der Waals surface area contributed by atoms with Crippen LogP contribution in [0.3, 0.4) is 0 Å². The van der Waals surface area contributed by atoms with Crippen LogP contribution >= 0.6 is 0 Å². The first kappa shape index (κ1) is 12.2. The van der Waals surface area contributed by atoms with E-state index in [9.17, 15) is 0 Å². The highest BCUT2D eigenvalue weighted by molar-refractivity contribution is 4.77. The van der Waals surface area contributed by atoms with Gasteiger partial charge in [0.1, 0.15) is 0 Å². The number of unbranched alkanes of at least 4 members (excludes halogenated alkanes) is 1. The van der Waals surface area contributed by atoms with Crippen molar-refractivity contribution in [3.8, 4) is 0 Å². The summed E-state index contributed by atoms with van der Waals surface area (Å²) in [4.78, 5) is 0. The monoisotopic (exact) mass is 211 g/mol. The van der Waals surface area contributed by atoms with E-state index in [4.69, 9.17) is 4.74 Å². The fraction of sp³-hybridized carbons (Fsp3) is 0.727. The second-order valence-corrected chi connectivity index (χ2v) is 3.49. The van der Waals surface area contributed by atoms with Crippen LogP contribution in [0.5, 0.6) is 0 Å². The van der Waals surface area contributed by atoms with Crippen LogP contribution in [0.15, 0.2) is 18.5 Å². The third-order valence-electron chi connectivity index (χ3n) is 2.14. The highest BCUT2D eigenvalue weighted by atomic mass is 16.5. The maximum absolute atomic E-state index is 5.43. The number of hydrogen-bond donors (Lipinski definition) is 1. The van der Waals surface area contributed by atoms with E-state index in [1.807, 2.05) is 16.9 Å². The molecule has 0 radical (unpaired) electrons. The standard InChI is InChI=1S/C11H21N3O/c1-2-3-10-15-11-7-12-6-9-14-8-4-5-13-14/h4-5,8,12H,2-3,6-7,9-11H2,1H3. The van der Waals surface area contributed by atoms with Crippen LogP contribution in [0.2, 0.25) is 0 Å². The van der Waals surface area contributed by atoms with E-state index in [0.717, 1.165) is 39.3 Å². The first-order chi connectivity index (χ1) is 7.43. The zero-order valence-electron chi connectivity index (χ0n) is 9.48. The third kappa shape index (κ3) is 6.25. The summed E-state index contributed by atoms with van der Waals surface area (Å²) < 4.78 is 7.35. The highest BCUT2D eigenvalue weighted by Gasteiger charge is 1.91. The summed E-state index contributed by atoms with van der Waals surface area (Å²) in [5.74, 6) is 0. The molecule has 0 spiro atoms. The Morgan fingerprint density at radius 1 is 1.33 bits per heavy atom. The topological polar surface area (TPSA) is 39.1 Å². The Morgan fingerprint density at radius 3 is 3.00 bits per heavy atom. The van der Waals surface area contributed by atoms with Gasteiger partial charge in [-0.25, -0.2) is 0 Å². The van der Waals surface area contributed by atoms with Gasteiger partial charge in [0.2, 0.25) is 0 Å². The maximum Gasteiger partial charge on any atom is 0.0590 e. The molecule has 1 N–H and O–H groups in total. The smallest absolute Gasteiger partial charge is 0.0590 e. The predicted octanol–water partition coefficient (Wildman–Crippen LogP) is 1.29. The zero-order valence-corrected chi connectivity index (χ0v) is 9.48. The van der Waals surface area contributed by atoms with Gasteiger partial charge in [-0.1, -0.05) is 13.3 Å². The lowest BCUT2D eigenvalue weighted by Gasteiger charge is -2.05. The number of hydrogen-bond acceptors (Lipinski definition) is 3. The Hall–Kier alpha value is -0.870. The number of ether oxygens (including phenoxy) is 1. The lowest BCUT2D eigenvalue weighted by molar-refractivity contribution is 0.133. The Balaban J connectivity index is 1.81. The third-order valence-corrected chi connectivity index (χ3v) is 2.14. The van der Waals surface area contributed by atoms with Crippen molar-refractivity contribution in [1.29, 1.82) is 0 Å². The SMILES string of the molecule is CCCCOCCNCCn1cccn1. The van der Waals surface area contributed by atoms with Crippen LogP contribution in [0.4, 0.5) is 0 Å². The second kappa shape index (κ2) is 8.44. The van der Waals surface area contributed by atoms with Gasteiger partial charge < -0.3 is 10.1 Å². The number of nitrogens with one attached hydrogen (secondary N) is 1. The minimum atomic E-state index is 0.805. The Morgan fingerprint density at radius 2 is 2.27 bits per heavy atom. The average Bonchev–Trinajstić information content (AvgIpc) is 2.75. The normalized spacial score (nSPS) is 10.7. The lowest BCUT2D eigenvalue weighted by Crippen LogP contribution is -2.24. The van der Waals surface area contributed by atoms with Crippen molar-refractivity contribution in [2.75, 3.05) is 26.3 Å². The molecule has 86 valence electrons. The van der Waals surface area contributed by atoms with E-state index >= 15 is 0 Å². The van der Waals surface area contributed by atoms with Crippen LogP contribution < -0.4 is 5.32 Å². The Kier molecular flexibility index (Phi) is 6.86. The number of aromatic nitrogens is 2. The summed E-state index contributed by atoms with van der Waals surface area (Å²) >= 11 is 0. The molecule has 0 amide bonds. The molecular formula is C11H21N3O. The lowest BCUT2D eigenvalue weighted by atomic mass is 10.4. The molecule has 0 unspecified atom stereocenters. The van der Waals surface area contributed by atoms with Crippen LogP contribution in [-0.4, -0.2) is 36.1 Å². The van der Waals surface area contributed by atoms with E-state index in [2.05, 4.69) is 17.3 Å². The van der Waals surface area contributed by atoms with E-state index in [1.165, 1.54) is 6.42 Å². The van der Waals surface area contributed by atoms with Gasteiger partial charge in [0.05, 0.1) is 13.2 Å². The van der Waals surface area contributed by atoms with Gasteiger partial charge in [0.15, 0.2) is 0 Å². The summed E-state index contributed by atoms with van der Waals surface area (Å²) in [6, 6.07) is 1.94. The molecule has 1 heterocycles. The quantitative estimate of drug-likeness (QED) is 0.626. The summed E-state index contributed by atoms with van der Waals surface area (Å²) in [6.07, 6.45) is 6.13. The predicted molar refractivity (Wildman–Crippen MR) is 60.8 cm³/mol. The molecule has 4 heteroatoms. The molecule has 0 atom stereocenters. The summed E-state index contributed by atoms with van der Waals surface area (Å²) in [6.45, 7) is 6.65. The summed E-state index contributed by atoms with van der Waals surface area (Å²) in [5.41, 5.74) is 0. The Labute approximate surface area is 91.6 Å². The molecule has 15 heavy (non-hydrogen) atoms. The molecule has 0 aliphatic rings. The molecule has 4 nitrogen and oxygen atoms in total. The largest absolute Gasteiger partial charge is 0.380 e. The van der Waals surface area contributed by atoms with Crippen molar-refractivity contribution in [2.24, 2.45) is 0 Å². The summed E-state index contributed by atoms with van der Waals surface area (Å²) in [5, 5.41) is 7.43. The highest BCUT2D eigenvalue weighted by Crippen LogP contribution is 1.86. The van der Waals surface area contributed by atoms with Crippen LogP contribution in [0.1, 0.15) is 19.8 Å². The van der Waals surface area contributed by atoms with Crippen LogP contribution in [0, 0.1) is 0 Å². The molecule has 0 aliphatic heterocycles. The van der Waals surface area contributed by atoms with Crippen molar-refractivity contribution in [3.05, 3.63) is 18.5 Å². The molecule has 0 saturated heterocycles. The molecule has 1 aromatic heterocycles. The van der Waals surface area contributed by atoms with Gasteiger partial charge in [-0.2, -0.15) is 5.10 Å². The van der Waals surface area contributed by atoms with Gasteiger partial charge in [0.25, 0.3) is 0 Å². The van der Waals surface area contributed by atoms with Gasteiger partial charge >= 0.3 is 0 Å². The van der Waals surface area contributed by atoms with Crippen molar-refractivity contribution in [3.63, 3.8) is 0 Å². The Bertz CT molecular complexity index is 224. The van der Waals surface area contributed by atoms with Crippen LogP contribution in [-0.2, 0) is 11.3 Å². The van der Waals surface area contributed by atoms with Gasteiger partial charge in [-0.05, 0) is 12.5 Å². The number of rotatable bonds is 9. The molecule has 0 saturated carbocycles. The van der Waals surface area contributed by atoms with E-state index in [-0.39, 0.29) is 0 Å². The molecule has 0 bridgehead atoms. The number of nitrogens with zero attached hydrogens (tertiary/aromatic N) is 2.